The number of amides is 1. The molecule has 3 aromatic rings. The van der Waals surface area contributed by atoms with Crippen molar-refractivity contribution in [1.29, 1.82) is 0 Å². The molecule has 0 saturated heterocycles. The van der Waals surface area contributed by atoms with E-state index in [0.29, 0.717) is 31.7 Å². The van der Waals surface area contributed by atoms with Crippen molar-refractivity contribution in [3.63, 3.8) is 0 Å². The molecule has 2 aromatic heterocycles. The molecule has 0 atom stereocenters. The number of rotatable bonds is 5. The Hall–Kier alpha value is -2.60. The molecule has 146 valence electrons. The standard InChI is InChI=1S/C16H12Br2FN5O4/c1-7-3-13(24(26)27)21-23(7)6-10-8(2)28-22-14(10)16(25)20-15-11(17)4-9(19)5-12(15)18/h3-5H,6H2,1-2H3,(H,20,25). The first-order valence-corrected chi connectivity index (χ1v) is 9.36. The van der Waals surface area contributed by atoms with Crippen LogP contribution in [0.25, 0.3) is 0 Å². The van der Waals surface area contributed by atoms with Gasteiger partial charge in [0.1, 0.15) is 11.6 Å². The highest BCUT2D eigenvalue weighted by atomic mass is 79.9. The van der Waals surface area contributed by atoms with Crippen LogP contribution in [-0.2, 0) is 6.54 Å². The molecule has 3 rings (SSSR count). The Kier molecular flexibility index (Phi) is 5.61. The van der Waals surface area contributed by atoms with Crippen LogP contribution >= 0.6 is 31.9 Å². The lowest BCUT2D eigenvalue weighted by atomic mass is 10.1. The van der Waals surface area contributed by atoms with Crippen LogP contribution in [0.2, 0.25) is 0 Å². The topological polar surface area (TPSA) is 116 Å². The van der Waals surface area contributed by atoms with Gasteiger partial charge in [-0.15, -0.1) is 0 Å². The van der Waals surface area contributed by atoms with E-state index in [1.165, 1.54) is 22.9 Å². The maximum atomic E-state index is 13.4. The molecule has 0 fully saturated rings. The number of anilines is 1. The van der Waals surface area contributed by atoms with Gasteiger partial charge in [0, 0.05) is 8.95 Å². The molecule has 2 heterocycles. The Morgan fingerprint density at radius 2 is 1.96 bits per heavy atom. The van der Waals surface area contributed by atoms with Crippen molar-refractivity contribution in [2.45, 2.75) is 20.4 Å². The summed E-state index contributed by atoms with van der Waals surface area (Å²) in [4.78, 5) is 23.0. The quantitative estimate of drug-likeness (QED) is 0.397. The van der Waals surface area contributed by atoms with Gasteiger partial charge in [0.25, 0.3) is 5.91 Å². The molecule has 0 unspecified atom stereocenters. The normalized spacial score (nSPS) is 10.9. The molecule has 0 aliphatic carbocycles. The number of hydrogen-bond donors (Lipinski definition) is 1. The monoisotopic (exact) mass is 515 g/mol. The number of hydrogen-bond acceptors (Lipinski definition) is 6. The van der Waals surface area contributed by atoms with E-state index in [-0.39, 0.29) is 18.1 Å². The van der Waals surface area contributed by atoms with Crippen molar-refractivity contribution in [3.05, 3.63) is 65.8 Å². The van der Waals surface area contributed by atoms with Crippen LogP contribution in [0, 0.1) is 29.8 Å². The fourth-order valence-corrected chi connectivity index (χ4v) is 3.81. The van der Waals surface area contributed by atoms with E-state index < -0.39 is 16.6 Å². The molecular formula is C16H12Br2FN5O4. The molecule has 0 radical (unpaired) electrons. The van der Waals surface area contributed by atoms with Gasteiger partial charge >= 0.3 is 5.82 Å². The van der Waals surface area contributed by atoms with E-state index in [2.05, 4.69) is 47.4 Å². The number of carbonyl (C=O) groups is 1. The fourth-order valence-electron chi connectivity index (χ4n) is 2.48. The van der Waals surface area contributed by atoms with Crippen LogP contribution in [0.1, 0.15) is 27.5 Å². The van der Waals surface area contributed by atoms with Crippen molar-refractivity contribution in [1.82, 2.24) is 14.9 Å². The Morgan fingerprint density at radius 3 is 2.54 bits per heavy atom. The maximum absolute atomic E-state index is 13.4. The molecule has 1 N–H and O–H groups in total. The summed E-state index contributed by atoms with van der Waals surface area (Å²) in [7, 11) is 0. The Morgan fingerprint density at radius 1 is 1.32 bits per heavy atom. The summed E-state index contributed by atoms with van der Waals surface area (Å²) < 4.78 is 20.6. The lowest BCUT2D eigenvalue weighted by Crippen LogP contribution is -2.17. The summed E-state index contributed by atoms with van der Waals surface area (Å²) >= 11 is 6.39. The highest BCUT2D eigenvalue weighted by molar-refractivity contribution is 9.11. The Bertz CT molecular complexity index is 1070. The van der Waals surface area contributed by atoms with Crippen molar-refractivity contribution in [2.24, 2.45) is 0 Å². The first-order valence-electron chi connectivity index (χ1n) is 7.77. The molecule has 0 spiro atoms. The number of benzene rings is 1. The van der Waals surface area contributed by atoms with Gasteiger partial charge in [0.05, 0.1) is 34.7 Å². The van der Waals surface area contributed by atoms with Gasteiger partial charge in [0.2, 0.25) is 0 Å². The molecule has 0 bridgehead atoms. The number of aromatic nitrogens is 3. The predicted octanol–water partition coefficient (Wildman–Crippen LogP) is 4.36. The number of nitrogens with one attached hydrogen (secondary N) is 1. The molecular weight excluding hydrogens is 505 g/mol. The van der Waals surface area contributed by atoms with Crippen LogP contribution in [0.5, 0.6) is 0 Å². The molecule has 1 amide bonds. The molecule has 9 nitrogen and oxygen atoms in total. The summed E-state index contributed by atoms with van der Waals surface area (Å²) in [6.45, 7) is 3.34. The zero-order valence-corrected chi connectivity index (χ0v) is 17.7. The van der Waals surface area contributed by atoms with Gasteiger partial charge in [-0.1, -0.05) is 5.16 Å². The van der Waals surface area contributed by atoms with Gasteiger partial charge in [-0.2, -0.15) is 4.68 Å². The van der Waals surface area contributed by atoms with Crippen LogP contribution in [0.3, 0.4) is 0 Å². The minimum atomic E-state index is -0.596. The SMILES string of the molecule is Cc1onc(C(=O)Nc2c(Br)cc(F)cc2Br)c1Cn1nc([N+](=O)[O-])cc1C. The molecule has 0 aliphatic heterocycles. The third kappa shape index (κ3) is 3.97. The van der Waals surface area contributed by atoms with Gasteiger partial charge in [-0.3, -0.25) is 4.79 Å². The molecule has 12 heteroatoms. The number of halogens is 3. The van der Waals surface area contributed by atoms with E-state index in [1.807, 2.05) is 0 Å². The average molecular weight is 517 g/mol. The van der Waals surface area contributed by atoms with Crippen molar-refractivity contribution >= 4 is 49.3 Å². The Labute approximate surface area is 174 Å². The maximum Gasteiger partial charge on any atom is 0.390 e. The van der Waals surface area contributed by atoms with E-state index in [0.717, 1.165) is 0 Å². The highest BCUT2D eigenvalue weighted by Gasteiger charge is 2.24. The van der Waals surface area contributed by atoms with Crippen molar-refractivity contribution in [2.75, 3.05) is 5.32 Å². The van der Waals surface area contributed by atoms with Gasteiger partial charge in [0.15, 0.2) is 5.69 Å². The lowest BCUT2D eigenvalue weighted by Gasteiger charge is -2.09. The van der Waals surface area contributed by atoms with Crippen molar-refractivity contribution in [3.8, 4) is 0 Å². The Balaban J connectivity index is 1.91. The van der Waals surface area contributed by atoms with E-state index >= 15 is 0 Å². The van der Waals surface area contributed by atoms with Gasteiger partial charge in [-0.25, -0.2) is 4.39 Å². The second kappa shape index (κ2) is 7.80. The zero-order chi connectivity index (χ0) is 20.6. The first kappa shape index (κ1) is 20.1. The minimum absolute atomic E-state index is 0.00169. The van der Waals surface area contributed by atoms with Crippen LogP contribution in [0.4, 0.5) is 15.9 Å². The summed E-state index contributed by atoms with van der Waals surface area (Å²) in [6.07, 6.45) is 0. The van der Waals surface area contributed by atoms with E-state index in [9.17, 15) is 19.3 Å². The lowest BCUT2D eigenvalue weighted by molar-refractivity contribution is -0.389. The third-order valence-corrected chi connectivity index (χ3v) is 5.16. The third-order valence-electron chi connectivity index (χ3n) is 3.91. The molecule has 28 heavy (non-hydrogen) atoms. The van der Waals surface area contributed by atoms with Crippen LogP contribution in [-0.4, -0.2) is 25.8 Å². The number of nitro groups is 1. The van der Waals surface area contributed by atoms with Crippen LogP contribution < -0.4 is 5.32 Å². The number of aryl methyl sites for hydroxylation is 2. The average Bonchev–Trinajstić information content (AvgIpc) is 3.15. The molecule has 1 aromatic carbocycles. The van der Waals surface area contributed by atoms with Crippen LogP contribution in [0.15, 0.2) is 31.7 Å². The first-order chi connectivity index (χ1) is 13.2. The second-order valence-electron chi connectivity index (χ2n) is 5.82. The van der Waals surface area contributed by atoms with E-state index in [4.69, 9.17) is 4.52 Å². The van der Waals surface area contributed by atoms with E-state index in [1.54, 1.807) is 13.8 Å². The summed E-state index contributed by atoms with van der Waals surface area (Å²) in [5.41, 5.74) is 1.29. The summed E-state index contributed by atoms with van der Waals surface area (Å²) in [5, 5.41) is 21.2. The van der Waals surface area contributed by atoms with Crippen molar-refractivity contribution < 1.29 is 18.6 Å². The fraction of sp³-hybridized carbons (Fsp3) is 0.188. The smallest absolute Gasteiger partial charge is 0.361 e. The van der Waals surface area contributed by atoms with Gasteiger partial charge < -0.3 is 20.0 Å². The summed E-state index contributed by atoms with van der Waals surface area (Å²) in [6, 6.07) is 3.75. The van der Waals surface area contributed by atoms with Gasteiger partial charge in [-0.05, 0) is 62.8 Å². The number of nitrogens with zero attached hydrogens (tertiary/aromatic N) is 4. The highest BCUT2D eigenvalue weighted by Crippen LogP contribution is 2.32. The summed E-state index contributed by atoms with van der Waals surface area (Å²) in [5.74, 6) is -0.985. The zero-order valence-electron chi connectivity index (χ0n) is 14.5. The largest absolute Gasteiger partial charge is 0.390 e. The molecule has 0 saturated carbocycles. The second-order valence-corrected chi connectivity index (χ2v) is 7.53. The predicted molar refractivity (Wildman–Crippen MR) is 104 cm³/mol. The minimum Gasteiger partial charge on any atom is -0.361 e. The number of carbonyl (C=O) groups excluding carboxylic acids is 1. The molecule has 0 aliphatic rings.